The standard InChI is InChI=1S/C17H13ClF4N2O4/c1-4-5-9-14(11(19)6-10(18)15(9)28-8(2)25)24-13(26)7-12(17(20,21)22)23(3)16(24)27/h4,6-7H,1,5H2,2-3H3. The third kappa shape index (κ3) is 3.86. The second kappa shape index (κ2) is 7.63. The molecule has 28 heavy (non-hydrogen) atoms. The third-order valence-corrected chi connectivity index (χ3v) is 3.97. The van der Waals surface area contributed by atoms with Gasteiger partial charge in [-0.15, -0.1) is 6.58 Å². The molecular weight excluding hydrogens is 408 g/mol. The number of rotatable bonds is 4. The number of carbonyl (C=O) groups is 1. The Bertz CT molecular complexity index is 1090. The van der Waals surface area contributed by atoms with Gasteiger partial charge in [0.2, 0.25) is 0 Å². The van der Waals surface area contributed by atoms with Gasteiger partial charge in [-0.3, -0.25) is 14.2 Å². The lowest BCUT2D eigenvalue weighted by Gasteiger charge is -2.18. The minimum atomic E-state index is -4.97. The highest BCUT2D eigenvalue weighted by Crippen LogP contribution is 2.36. The van der Waals surface area contributed by atoms with Crippen molar-refractivity contribution in [2.75, 3.05) is 0 Å². The van der Waals surface area contributed by atoms with Crippen molar-refractivity contribution in [3.05, 3.63) is 67.7 Å². The lowest BCUT2D eigenvalue weighted by atomic mass is 10.1. The SMILES string of the molecule is C=CCc1c(OC(C)=O)c(Cl)cc(F)c1-n1c(=O)cc(C(F)(F)F)n(C)c1=O. The minimum absolute atomic E-state index is 0.165. The summed E-state index contributed by atoms with van der Waals surface area (Å²) in [4.78, 5) is 36.1. The molecule has 0 spiro atoms. The van der Waals surface area contributed by atoms with Crippen LogP contribution in [0.2, 0.25) is 5.02 Å². The van der Waals surface area contributed by atoms with Gasteiger partial charge in [-0.25, -0.2) is 13.8 Å². The van der Waals surface area contributed by atoms with E-state index in [1.54, 1.807) is 0 Å². The molecule has 0 amide bonds. The maximum atomic E-state index is 14.7. The summed E-state index contributed by atoms with van der Waals surface area (Å²) in [5.41, 5.74) is -5.25. The van der Waals surface area contributed by atoms with Crippen LogP contribution in [0.3, 0.4) is 0 Å². The second-order valence-corrected chi connectivity index (χ2v) is 6.03. The van der Waals surface area contributed by atoms with Crippen LogP contribution in [0, 0.1) is 5.82 Å². The Morgan fingerprint density at radius 1 is 1.32 bits per heavy atom. The molecule has 0 fully saturated rings. The number of alkyl halides is 3. The van der Waals surface area contributed by atoms with Gasteiger partial charge >= 0.3 is 17.8 Å². The molecule has 11 heteroatoms. The smallest absolute Gasteiger partial charge is 0.425 e. The van der Waals surface area contributed by atoms with Gasteiger partial charge in [0.05, 0.1) is 10.7 Å². The van der Waals surface area contributed by atoms with E-state index in [0.717, 1.165) is 14.0 Å². The molecule has 0 aliphatic carbocycles. The molecule has 2 rings (SSSR count). The first-order valence-corrected chi connectivity index (χ1v) is 7.98. The van der Waals surface area contributed by atoms with Crippen molar-refractivity contribution >= 4 is 17.6 Å². The van der Waals surface area contributed by atoms with E-state index in [1.807, 2.05) is 0 Å². The molecule has 2 aromatic rings. The summed E-state index contributed by atoms with van der Waals surface area (Å²) < 4.78 is 59.0. The fourth-order valence-electron chi connectivity index (χ4n) is 2.57. The molecule has 0 bridgehead atoms. The van der Waals surface area contributed by atoms with Crippen LogP contribution in [0.25, 0.3) is 5.69 Å². The Morgan fingerprint density at radius 2 is 1.93 bits per heavy atom. The van der Waals surface area contributed by atoms with E-state index in [4.69, 9.17) is 16.3 Å². The van der Waals surface area contributed by atoms with Crippen molar-refractivity contribution in [3.63, 3.8) is 0 Å². The molecule has 1 aromatic carbocycles. The topological polar surface area (TPSA) is 70.3 Å². The van der Waals surface area contributed by atoms with Crippen LogP contribution in [0.15, 0.2) is 34.4 Å². The molecule has 0 N–H and O–H groups in total. The highest BCUT2D eigenvalue weighted by Gasteiger charge is 2.35. The number of benzene rings is 1. The largest absolute Gasteiger partial charge is 0.431 e. The number of allylic oxidation sites excluding steroid dienone is 1. The first-order chi connectivity index (χ1) is 12.9. The van der Waals surface area contributed by atoms with Gasteiger partial charge in [0.25, 0.3) is 5.56 Å². The Balaban J connectivity index is 2.99. The number of carbonyl (C=O) groups excluding carboxylic acids is 1. The molecule has 0 radical (unpaired) electrons. The summed E-state index contributed by atoms with van der Waals surface area (Å²) >= 11 is 5.90. The van der Waals surface area contributed by atoms with Gasteiger partial charge in [0.15, 0.2) is 5.75 Å². The van der Waals surface area contributed by atoms with Crippen LogP contribution >= 0.6 is 11.6 Å². The lowest BCUT2D eigenvalue weighted by Crippen LogP contribution is -2.41. The van der Waals surface area contributed by atoms with Crippen LogP contribution in [0.4, 0.5) is 17.6 Å². The van der Waals surface area contributed by atoms with Crippen LogP contribution in [0.1, 0.15) is 18.2 Å². The molecular formula is C17H13ClF4N2O4. The number of esters is 1. The number of halogens is 5. The van der Waals surface area contributed by atoms with Crippen LogP contribution < -0.4 is 16.0 Å². The summed E-state index contributed by atoms with van der Waals surface area (Å²) in [6.07, 6.45) is -3.93. The number of hydrogen-bond acceptors (Lipinski definition) is 4. The van der Waals surface area contributed by atoms with Crippen LogP contribution in [0.5, 0.6) is 5.75 Å². The molecule has 0 aliphatic rings. The Kier molecular flexibility index (Phi) is 5.83. The average Bonchev–Trinajstić information content (AvgIpc) is 2.55. The molecule has 1 aromatic heterocycles. The fourth-order valence-corrected chi connectivity index (χ4v) is 2.82. The van der Waals surface area contributed by atoms with E-state index in [-0.39, 0.29) is 38.0 Å². The number of hydrogen-bond donors (Lipinski definition) is 0. The van der Waals surface area contributed by atoms with Gasteiger partial charge in [0, 0.05) is 25.6 Å². The number of aromatic nitrogens is 2. The summed E-state index contributed by atoms with van der Waals surface area (Å²) in [6.45, 7) is 4.50. The predicted molar refractivity (Wildman–Crippen MR) is 92.5 cm³/mol. The van der Waals surface area contributed by atoms with Gasteiger partial charge in [-0.1, -0.05) is 17.7 Å². The molecule has 0 aliphatic heterocycles. The van der Waals surface area contributed by atoms with E-state index < -0.39 is 40.6 Å². The van der Waals surface area contributed by atoms with Crippen molar-refractivity contribution in [2.24, 2.45) is 7.05 Å². The van der Waals surface area contributed by atoms with Crippen molar-refractivity contribution in [3.8, 4) is 11.4 Å². The maximum absolute atomic E-state index is 14.7. The zero-order valence-corrected chi connectivity index (χ0v) is 15.3. The summed E-state index contributed by atoms with van der Waals surface area (Å²) in [5.74, 6) is -2.33. The Labute approximate surface area is 160 Å². The van der Waals surface area contributed by atoms with E-state index in [9.17, 15) is 31.9 Å². The first kappa shape index (κ1) is 21.4. The van der Waals surface area contributed by atoms with Crippen LogP contribution in [-0.2, 0) is 24.4 Å². The first-order valence-electron chi connectivity index (χ1n) is 7.61. The minimum Gasteiger partial charge on any atom is -0.425 e. The van der Waals surface area contributed by atoms with Crippen LogP contribution in [-0.4, -0.2) is 15.1 Å². The predicted octanol–water partition coefficient (Wildman–Crippen LogP) is 3.00. The molecule has 0 saturated heterocycles. The summed E-state index contributed by atoms with van der Waals surface area (Å²) in [5, 5.41) is -0.329. The van der Waals surface area contributed by atoms with Gasteiger partial charge in [0.1, 0.15) is 11.5 Å². The molecule has 150 valence electrons. The second-order valence-electron chi connectivity index (χ2n) is 5.63. The van der Waals surface area contributed by atoms with E-state index in [0.29, 0.717) is 6.07 Å². The molecule has 0 unspecified atom stereocenters. The number of ether oxygens (including phenoxy) is 1. The molecule has 0 saturated carbocycles. The van der Waals surface area contributed by atoms with Crippen molar-refractivity contribution < 1.29 is 27.1 Å². The van der Waals surface area contributed by atoms with Gasteiger partial charge in [-0.05, 0) is 12.5 Å². The highest BCUT2D eigenvalue weighted by atomic mass is 35.5. The van der Waals surface area contributed by atoms with Crippen molar-refractivity contribution in [2.45, 2.75) is 19.5 Å². The molecule has 0 atom stereocenters. The van der Waals surface area contributed by atoms with E-state index in [2.05, 4.69) is 6.58 Å². The average molecular weight is 421 g/mol. The van der Waals surface area contributed by atoms with Crippen molar-refractivity contribution in [1.29, 1.82) is 0 Å². The Hall–Kier alpha value is -2.88. The normalized spacial score (nSPS) is 11.4. The maximum Gasteiger partial charge on any atom is 0.431 e. The zero-order valence-electron chi connectivity index (χ0n) is 14.6. The molecule has 6 nitrogen and oxygen atoms in total. The van der Waals surface area contributed by atoms with E-state index >= 15 is 0 Å². The summed E-state index contributed by atoms with van der Waals surface area (Å²) in [7, 11) is 0.787. The monoisotopic (exact) mass is 420 g/mol. The quantitative estimate of drug-likeness (QED) is 0.330. The Morgan fingerprint density at radius 3 is 2.43 bits per heavy atom. The third-order valence-electron chi connectivity index (χ3n) is 3.68. The van der Waals surface area contributed by atoms with Crippen molar-refractivity contribution in [1.82, 2.24) is 9.13 Å². The van der Waals surface area contributed by atoms with Gasteiger partial charge < -0.3 is 4.74 Å². The number of nitrogens with zero attached hydrogens (tertiary/aromatic N) is 2. The molecule has 1 heterocycles. The highest BCUT2D eigenvalue weighted by molar-refractivity contribution is 6.32. The van der Waals surface area contributed by atoms with Gasteiger partial charge in [-0.2, -0.15) is 13.2 Å². The van der Waals surface area contributed by atoms with E-state index in [1.165, 1.54) is 6.08 Å². The zero-order chi connectivity index (χ0) is 21.4. The summed E-state index contributed by atoms with van der Waals surface area (Å²) in [6, 6.07) is 0.851. The lowest BCUT2D eigenvalue weighted by molar-refractivity contribution is -0.144. The fraction of sp³-hybridized carbons (Fsp3) is 0.235.